The Hall–Kier alpha value is -9.80. The number of hydrogen-bond acceptors (Lipinski definition) is 12. The zero-order valence-electron chi connectivity index (χ0n) is 89.2. The molecular weight excluding hydrogens is 1720 g/mol. The van der Waals surface area contributed by atoms with E-state index in [-0.39, 0.29) is 17.6 Å². The van der Waals surface area contributed by atoms with Gasteiger partial charge in [0.05, 0.1) is 31.1 Å². The molecule has 5 heterocycles. The van der Waals surface area contributed by atoms with E-state index in [4.69, 9.17) is 30.8 Å². The van der Waals surface area contributed by atoms with Gasteiger partial charge in [0.2, 0.25) is 0 Å². The number of furan rings is 3. The first-order valence-corrected chi connectivity index (χ1v) is 51.9. The molecule has 12 nitrogen and oxygen atoms in total. The van der Waals surface area contributed by atoms with Gasteiger partial charge in [0.15, 0.2) is 28.9 Å². The highest BCUT2D eigenvalue weighted by molar-refractivity contribution is 7.76. The molecule has 14 heteroatoms. The van der Waals surface area contributed by atoms with Crippen LogP contribution in [0.4, 0.5) is 0 Å². The van der Waals surface area contributed by atoms with E-state index in [9.17, 15) is 32.7 Å². The van der Waals surface area contributed by atoms with Crippen molar-refractivity contribution in [1.82, 2.24) is 4.31 Å². The lowest BCUT2D eigenvalue weighted by atomic mass is 9.90. The number of rotatable bonds is 33. The van der Waals surface area contributed by atoms with Gasteiger partial charge < -0.3 is 22.5 Å². The summed E-state index contributed by atoms with van der Waals surface area (Å²) in [4.78, 5) is 61.3. The maximum atomic E-state index is 11.8. The van der Waals surface area contributed by atoms with Crippen LogP contribution in [0.1, 0.15) is 321 Å². The van der Waals surface area contributed by atoms with Crippen LogP contribution in [-0.4, -0.2) is 48.0 Å². The third kappa shape index (κ3) is 53.8. The number of benzene rings is 2. The second kappa shape index (κ2) is 73.4. The van der Waals surface area contributed by atoms with Gasteiger partial charge in [-0.25, -0.2) is 4.31 Å². The zero-order chi connectivity index (χ0) is 103. The van der Waals surface area contributed by atoms with Crippen LogP contribution in [0, 0.1) is 95.7 Å². The second-order valence-electron chi connectivity index (χ2n) is 38.2. The predicted molar refractivity (Wildman–Crippen MR) is 580 cm³/mol. The van der Waals surface area contributed by atoms with Gasteiger partial charge in [0.1, 0.15) is 28.8 Å². The van der Waals surface area contributed by atoms with Crippen molar-refractivity contribution in [3.05, 3.63) is 308 Å². The van der Waals surface area contributed by atoms with Crippen molar-refractivity contribution in [3.8, 4) is 24.7 Å². The lowest BCUT2D eigenvalue weighted by Crippen LogP contribution is -2.31. The predicted octanol–water partition coefficient (Wildman–Crippen LogP) is 32.6. The Morgan fingerprint density at radius 1 is 0.493 bits per heavy atom. The van der Waals surface area contributed by atoms with E-state index in [1.54, 1.807) is 24.7 Å². The molecule has 4 aromatic heterocycles. The average molecular weight is 1900 g/mol. The number of thiophene rings is 1. The molecule has 0 fully saturated rings. The van der Waals surface area contributed by atoms with E-state index >= 15 is 0 Å². The number of Topliss-reactive ketones (excluding diaryl/α,β-unsaturated/α-hetero) is 3. The first kappa shape index (κ1) is 126. The van der Waals surface area contributed by atoms with Gasteiger partial charge in [-0.3, -0.25) is 28.2 Å². The molecule has 0 amide bonds. The third-order valence-corrected chi connectivity index (χ3v) is 24.2. The van der Waals surface area contributed by atoms with Crippen molar-refractivity contribution >= 4 is 51.5 Å². The summed E-state index contributed by atoms with van der Waals surface area (Å²) in [5, 5.41) is 0. The molecule has 2 aromatic carbocycles. The van der Waals surface area contributed by atoms with Crippen molar-refractivity contribution < 1.29 is 50.7 Å². The number of ether oxygens (including phenoxy) is 1. The first-order chi connectivity index (χ1) is 64.6. The molecule has 136 heavy (non-hydrogen) atoms. The Labute approximate surface area is 833 Å². The lowest BCUT2D eigenvalue weighted by Gasteiger charge is -2.27. The Bertz CT molecular complexity index is 4780. The topological polar surface area (TPSA) is 177 Å². The molecule has 5 aliphatic rings. The summed E-state index contributed by atoms with van der Waals surface area (Å²) >= 11 is -0.307. The molecule has 1 aliphatic heterocycles. The summed E-state index contributed by atoms with van der Waals surface area (Å²) in [5.74, 6) is 19.3. The molecule has 4 aliphatic carbocycles. The van der Waals surface area contributed by atoms with Gasteiger partial charge in [-0.1, -0.05) is 298 Å². The van der Waals surface area contributed by atoms with Crippen LogP contribution in [0.5, 0.6) is 0 Å². The van der Waals surface area contributed by atoms with E-state index in [1.807, 2.05) is 159 Å². The summed E-state index contributed by atoms with van der Waals surface area (Å²) in [6.07, 6.45) is 51.9. The quantitative estimate of drug-likeness (QED) is 0.0126. The molecule has 0 saturated heterocycles. The molecule has 748 valence electrons. The highest BCUT2D eigenvalue weighted by Gasteiger charge is 2.33. The number of ketones is 5. The Kier molecular flexibility index (Phi) is 68.1. The molecule has 0 bridgehead atoms. The van der Waals surface area contributed by atoms with Gasteiger partial charge in [0, 0.05) is 89.7 Å². The minimum absolute atomic E-state index is 0.00598. The second-order valence-corrected chi connectivity index (χ2v) is 40.3. The standard InChI is InChI=1S/C14H22O.C14H20O.2C13H16O2.C13H20O.C11H14O.C11H14S.C10H15NO2S.C10H14.C9H14O.2C2H6/c2*1-5-6-7-8-12-11(4)13(10(2)3)9-14(12)15;1-10(2)8-12-5-6-13(15-12)9-11-4-3-7-14-11;1-4-5-10-7-13(15)11(6-9(2)3)8-12(10)14;1-5-6-7-11-10(4)12(9(2)3)8-13(11)14;2*1-4-5-10-6-7-11(12-10)8-9(2)3;1-9(2)11(14(12)13)8-10-6-4-3-5-7-10;1-9(2)8-10-6-4-3-5-7-10;1-8(2)7-9-5-3-4-6-10-9;2*1-2/h6-7,10,13H,5,8-9H2,1-4H3;5-7,10,13H,1,8-9H2,2-4H3;3-7,10H,8-9H2,1-2H3;4,7-9H,1,5-6H2,2-3H3;5-6,9,12H,7-8H2,1-4H3;2*1,6-7,9H,5,8H2,2-3H3;3-7,9H,8H2,1-2H3,(H,12,13);3-7,9H,8H2,1-2H3;4-6,8H,3,7H2,1-2H3;2*1-2H3/p-1/b2*7-6-;;;6-5-;;;;;;;. The van der Waals surface area contributed by atoms with Gasteiger partial charge >= 0.3 is 0 Å². The first-order valence-electron chi connectivity index (χ1n) is 50.0. The van der Waals surface area contributed by atoms with E-state index in [0.29, 0.717) is 120 Å². The molecule has 11 rings (SSSR count). The fraction of sp³-hybridized carbons (Fsp3) is 0.500. The normalized spacial score (nSPS) is 15.6. The summed E-state index contributed by atoms with van der Waals surface area (Å²) in [5.41, 5.74) is 10.7. The van der Waals surface area contributed by atoms with Crippen LogP contribution in [0.25, 0.3) is 0 Å². The summed E-state index contributed by atoms with van der Waals surface area (Å²) in [6.45, 7) is 69.1. The van der Waals surface area contributed by atoms with Crippen LogP contribution in [0.3, 0.4) is 0 Å². The van der Waals surface area contributed by atoms with Crippen molar-refractivity contribution in [2.24, 2.45) is 71.0 Å². The maximum absolute atomic E-state index is 11.8. The van der Waals surface area contributed by atoms with E-state index < -0.39 is 11.3 Å². The number of hydrogen-bond donors (Lipinski definition) is 0. The molecular formula is C122H176NO11S2-. The highest BCUT2D eigenvalue weighted by Crippen LogP contribution is 2.39. The Balaban J connectivity index is 0.00000149. The van der Waals surface area contributed by atoms with Gasteiger partial charge in [-0.15, -0.1) is 36.7 Å². The van der Waals surface area contributed by atoms with Gasteiger partial charge in [-0.05, 0) is 271 Å². The molecule has 0 radical (unpaired) electrons. The van der Waals surface area contributed by atoms with Crippen molar-refractivity contribution in [2.45, 2.75) is 329 Å². The number of carbonyl (C=O) groups excluding carboxylic acids is 5. The largest absolute Gasteiger partial charge is 0.760 e. The number of carbonyl (C=O) groups is 5. The SMILES string of the molecule is C#CCc1ccc(CC(C)C)o1.C#CCc1ccc(CC(C)C)s1.C/C=C\CC1=C(C)C(C(C)C)CC1=O.C=C/C=C\CC1=C(C)C(C(C)C)CC1=O.C=CCC1=CC(=O)C(CC(C)C)=CC1=O.CC.CC.CC(C)CC1=CCC=CO1.CC(C)Cc1ccc(Cc2ccco2)o1.CC(C)Cc1ccccc1.CC(C)N(Cc1ccccc1)S(=O)[O-].CC/C=C\CC1=C(C)C(C(C)C)CC1=O. The van der Waals surface area contributed by atoms with Crippen molar-refractivity contribution in [1.29, 1.82) is 0 Å². The maximum Gasteiger partial charge on any atom is 0.182 e. The number of allylic oxidation sites excluding steroid dienone is 21. The minimum Gasteiger partial charge on any atom is -0.760 e. The summed E-state index contributed by atoms with van der Waals surface area (Å²) < 4.78 is 44.9. The van der Waals surface area contributed by atoms with Crippen molar-refractivity contribution in [2.75, 3.05) is 0 Å². The molecule has 0 N–H and O–H groups in total. The Morgan fingerprint density at radius 2 is 0.934 bits per heavy atom. The van der Waals surface area contributed by atoms with E-state index in [1.165, 1.54) is 61.3 Å². The molecule has 6 aromatic rings. The van der Waals surface area contributed by atoms with Crippen LogP contribution in [0.2, 0.25) is 0 Å². The third-order valence-electron chi connectivity index (χ3n) is 22.2. The molecule has 4 unspecified atom stereocenters. The number of terminal acetylenes is 2. The van der Waals surface area contributed by atoms with Crippen LogP contribution in [-0.2, 0) is 91.5 Å². The zero-order valence-corrected chi connectivity index (χ0v) is 90.9. The van der Waals surface area contributed by atoms with Gasteiger partial charge in [-0.2, -0.15) is 0 Å². The summed E-state index contributed by atoms with van der Waals surface area (Å²) in [7, 11) is 0. The fourth-order valence-corrected chi connectivity index (χ4v) is 17.1. The van der Waals surface area contributed by atoms with E-state index in [2.05, 4.69) is 236 Å². The monoisotopic (exact) mass is 1900 g/mol. The van der Waals surface area contributed by atoms with Crippen LogP contribution < -0.4 is 0 Å². The average Bonchev–Trinajstić information content (AvgIpc) is 1.66. The summed E-state index contributed by atoms with van der Waals surface area (Å²) in [6, 6.07) is 36.4. The smallest absolute Gasteiger partial charge is 0.182 e. The molecule has 0 spiro atoms. The van der Waals surface area contributed by atoms with Gasteiger partial charge in [0.25, 0.3) is 0 Å². The fourth-order valence-electron chi connectivity index (χ4n) is 15.3. The molecule has 4 atom stereocenters. The lowest BCUT2D eigenvalue weighted by molar-refractivity contribution is -0.116. The minimum atomic E-state index is -2.15. The van der Waals surface area contributed by atoms with Crippen LogP contribution >= 0.6 is 11.3 Å². The van der Waals surface area contributed by atoms with E-state index in [0.717, 1.165) is 146 Å². The van der Waals surface area contributed by atoms with Crippen molar-refractivity contribution in [3.63, 3.8) is 0 Å². The molecule has 0 saturated carbocycles. The van der Waals surface area contributed by atoms with Crippen LogP contribution in [0.15, 0.2) is 271 Å². The number of nitrogens with zero attached hydrogens (tertiary/aromatic N) is 1. The Morgan fingerprint density at radius 3 is 1.34 bits per heavy atom. The highest BCUT2D eigenvalue weighted by atomic mass is 32.2.